The second-order valence-corrected chi connectivity index (χ2v) is 7.41. The van der Waals surface area contributed by atoms with Crippen molar-refractivity contribution in [1.82, 2.24) is 9.80 Å². The molecule has 0 aromatic heterocycles. The lowest BCUT2D eigenvalue weighted by molar-refractivity contribution is 0.0760. The fourth-order valence-corrected chi connectivity index (χ4v) is 3.59. The minimum Gasteiger partial charge on any atom is -0.497 e. The van der Waals surface area contributed by atoms with E-state index in [4.69, 9.17) is 4.74 Å². The van der Waals surface area contributed by atoms with Crippen LogP contribution >= 0.6 is 0 Å². The summed E-state index contributed by atoms with van der Waals surface area (Å²) in [6, 6.07) is 7.42. The van der Waals surface area contributed by atoms with Crippen molar-refractivity contribution in [2.45, 2.75) is 33.6 Å². The zero-order valence-electron chi connectivity index (χ0n) is 15.6. The molecule has 1 aliphatic rings. The Kier molecular flexibility index (Phi) is 7.10. The minimum atomic E-state index is 0.134. The van der Waals surface area contributed by atoms with Crippen molar-refractivity contribution in [3.63, 3.8) is 0 Å². The summed E-state index contributed by atoms with van der Waals surface area (Å²) in [7, 11) is 1.64. The summed E-state index contributed by atoms with van der Waals surface area (Å²) in [4.78, 5) is 17.2. The summed E-state index contributed by atoms with van der Waals surface area (Å²) >= 11 is 0. The molecule has 4 nitrogen and oxygen atoms in total. The molecule has 1 fully saturated rings. The van der Waals surface area contributed by atoms with Crippen molar-refractivity contribution < 1.29 is 9.53 Å². The number of ether oxygens (including phenoxy) is 1. The average Bonchev–Trinajstić information content (AvgIpc) is 2.79. The maximum Gasteiger partial charge on any atom is 0.253 e. The van der Waals surface area contributed by atoms with Crippen LogP contribution in [-0.4, -0.2) is 55.5 Å². The Hall–Kier alpha value is -1.55. The van der Waals surface area contributed by atoms with E-state index in [1.807, 2.05) is 29.2 Å². The summed E-state index contributed by atoms with van der Waals surface area (Å²) < 4.78 is 5.16. The molecule has 0 aliphatic carbocycles. The summed E-state index contributed by atoms with van der Waals surface area (Å²) in [5, 5.41) is 0. The molecule has 1 amide bonds. The van der Waals surface area contributed by atoms with E-state index in [9.17, 15) is 4.79 Å². The van der Waals surface area contributed by atoms with Gasteiger partial charge in [0.15, 0.2) is 0 Å². The zero-order valence-corrected chi connectivity index (χ0v) is 15.6. The minimum absolute atomic E-state index is 0.134. The van der Waals surface area contributed by atoms with Crippen LogP contribution in [0.2, 0.25) is 0 Å². The smallest absolute Gasteiger partial charge is 0.253 e. The van der Waals surface area contributed by atoms with Gasteiger partial charge in [0.1, 0.15) is 5.75 Å². The summed E-state index contributed by atoms with van der Waals surface area (Å²) in [6.07, 6.45) is 2.32. The normalized spacial score (nSPS) is 17.6. The van der Waals surface area contributed by atoms with Crippen LogP contribution in [0.5, 0.6) is 5.75 Å². The van der Waals surface area contributed by atoms with Crippen molar-refractivity contribution in [3.05, 3.63) is 29.8 Å². The van der Waals surface area contributed by atoms with Crippen LogP contribution in [0.4, 0.5) is 0 Å². The highest BCUT2D eigenvalue weighted by Crippen LogP contribution is 2.16. The van der Waals surface area contributed by atoms with E-state index < -0.39 is 0 Å². The van der Waals surface area contributed by atoms with E-state index in [0.717, 1.165) is 56.4 Å². The molecule has 4 heteroatoms. The lowest BCUT2D eigenvalue weighted by atomic mass is 9.98. The topological polar surface area (TPSA) is 32.8 Å². The van der Waals surface area contributed by atoms with Gasteiger partial charge in [-0.2, -0.15) is 0 Å². The van der Waals surface area contributed by atoms with Gasteiger partial charge in [-0.25, -0.2) is 0 Å². The Morgan fingerprint density at radius 1 is 1.08 bits per heavy atom. The van der Waals surface area contributed by atoms with Crippen molar-refractivity contribution in [2.24, 2.45) is 11.8 Å². The van der Waals surface area contributed by atoms with Crippen LogP contribution in [0, 0.1) is 11.8 Å². The summed E-state index contributed by atoms with van der Waals surface area (Å²) in [6.45, 7) is 11.8. The second-order valence-electron chi connectivity index (χ2n) is 7.41. The molecule has 0 spiro atoms. The van der Waals surface area contributed by atoms with Gasteiger partial charge in [-0.1, -0.05) is 20.8 Å². The molecule has 0 bridgehead atoms. The summed E-state index contributed by atoms with van der Waals surface area (Å²) in [5.74, 6) is 2.39. The van der Waals surface area contributed by atoms with Gasteiger partial charge >= 0.3 is 0 Å². The van der Waals surface area contributed by atoms with E-state index in [1.165, 1.54) is 6.42 Å². The average molecular weight is 332 g/mol. The molecule has 1 heterocycles. The SMILES string of the molecule is COc1ccc(C(=O)N2CCCN(C[C@H](C)CC(C)C)CC2)cc1. The van der Waals surface area contributed by atoms with Crippen molar-refractivity contribution in [2.75, 3.05) is 39.8 Å². The third kappa shape index (κ3) is 5.52. The Bertz CT molecular complexity index is 513. The first-order chi connectivity index (χ1) is 11.5. The highest BCUT2D eigenvalue weighted by atomic mass is 16.5. The van der Waals surface area contributed by atoms with Gasteiger partial charge in [0.25, 0.3) is 5.91 Å². The molecule has 0 unspecified atom stereocenters. The number of hydrogen-bond acceptors (Lipinski definition) is 3. The number of hydrogen-bond donors (Lipinski definition) is 0. The number of carbonyl (C=O) groups is 1. The van der Waals surface area contributed by atoms with E-state index in [1.54, 1.807) is 7.11 Å². The highest BCUT2D eigenvalue weighted by molar-refractivity contribution is 5.94. The number of methoxy groups -OCH3 is 1. The molecule has 1 saturated heterocycles. The number of nitrogens with zero attached hydrogens (tertiary/aromatic N) is 2. The Morgan fingerprint density at radius 2 is 1.79 bits per heavy atom. The Balaban J connectivity index is 1.88. The van der Waals surface area contributed by atoms with Crippen LogP contribution in [0.1, 0.15) is 44.0 Å². The summed E-state index contributed by atoms with van der Waals surface area (Å²) in [5.41, 5.74) is 0.748. The largest absolute Gasteiger partial charge is 0.497 e. The van der Waals surface area contributed by atoms with E-state index in [2.05, 4.69) is 25.7 Å². The first-order valence-electron chi connectivity index (χ1n) is 9.15. The van der Waals surface area contributed by atoms with Gasteiger partial charge < -0.3 is 14.5 Å². The van der Waals surface area contributed by atoms with Crippen LogP contribution in [-0.2, 0) is 0 Å². The fraction of sp³-hybridized carbons (Fsp3) is 0.650. The molecular weight excluding hydrogens is 300 g/mol. The fourth-order valence-electron chi connectivity index (χ4n) is 3.59. The Labute approximate surface area is 146 Å². The maximum absolute atomic E-state index is 12.7. The van der Waals surface area contributed by atoms with Crippen molar-refractivity contribution in [3.8, 4) is 5.75 Å². The van der Waals surface area contributed by atoms with Crippen LogP contribution < -0.4 is 4.74 Å². The van der Waals surface area contributed by atoms with Crippen LogP contribution in [0.15, 0.2) is 24.3 Å². The molecule has 1 aromatic rings. The number of benzene rings is 1. The van der Waals surface area contributed by atoms with Gasteiger partial charge in [0, 0.05) is 31.7 Å². The number of carbonyl (C=O) groups excluding carboxylic acids is 1. The number of rotatable bonds is 6. The lowest BCUT2D eigenvalue weighted by Crippen LogP contribution is -2.36. The third-order valence-electron chi connectivity index (χ3n) is 4.66. The van der Waals surface area contributed by atoms with Crippen LogP contribution in [0.3, 0.4) is 0 Å². The van der Waals surface area contributed by atoms with Gasteiger partial charge in [-0.15, -0.1) is 0 Å². The van der Waals surface area contributed by atoms with Crippen molar-refractivity contribution in [1.29, 1.82) is 0 Å². The van der Waals surface area contributed by atoms with Crippen molar-refractivity contribution >= 4 is 5.91 Å². The second kappa shape index (κ2) is 9.07. The lowest BCUT2D eigenvalue weighted by Gasteiger charge is -2.25. The van der Waals surface area contributed by atoms with Gasteiger partial charge in [0.2, 0.25) is 0 Å². The van der Waals surface area contributed by atoms with Gasteiger partial charge in [0.05, 0.1) is 7.11 Å². The molecule has 24 heavy (non-hydrogen) atoms. The van der Waals surface area contributed by atoms with Crippen LogP contribution in [0.25, 0.3) is 0 Å². The monoisotopic (exact) mass is 332 g/mol. The molecule has 0 saturated carbocycles. The van der Waals surface area contributed by atoms with Gasteiger partial charge in [-0.05, 0) is 55.5 Å². The quantitative estimate of drug-likeness (QED) is 0.799. The first kappa shape index (κ1) is 18.8. The molecule has 1 aromatic carbocycles. The highest BCUT2D eigenvalue weighted by Gasteiger charge is 2.21. The third-order valence-corrected chi connectivity index (χ3v) is 4.66. The molecule has 1 aliphatic heterocycles. The number of amides is 1. The van der Waals surface area contributed by atoms with E-state index in [-0.39, 0.29) is 5.91 Å². The predicted molar refractivity (Wildman–Crippen MR) is 98.6 cm³/mol. The maximum atomic E-state index is 12.7. The first-order valence-corrected chi connectivity index (χ1v) is 9.15. The molecular formula is C20H32N2O2. The molecule has 2 rings (SSSR count). The Morgan fingerprint density at radius 3 is 2.42 bits per heavy atom. The van der Waals surface area contributed by atoms with E-state index in [0.29, 0.717) is 5.92 Å². The zero-order chi connectivity index (χ0) is 17.5. The van der Waals surface area contributed by atoms with Gasteiger partial charge in [-0.3, -0.25) is 4.79 Å². The standard InChI is InChI=1S/C20H32N2O2/c1-16(2)14-17(3)15-21-10-5-11-22(13-12-21)20(23)18-6-8-19(24-4)9-7-18/h6-9,16-17H,5,10-15H2,1-4H3/t17-/m1/s1. The molecule has 0 radical (unpaired) electrons. The molecule has 134 valence electrons. The molecule has 1 atom stereocenters. The predicted octanol–water partition coefficient (Wildman–Crippen LogP) is 3.53. The van der Waals surface area contributed by atoms with E-state index >= 15 is 0 Å². The molecule has 0 N–H and O–H groups in total.